The van der Waals surface area contributed by atoms with Gasteiger partial charge < -0.3 is 26.4 Å². The largest absolute Gasteiger partial charge is 0.504 e. The van der Waals surface area contributed by atoms with Crippen molar-refractivity contribution in [2.24, 2.45) is 0 Å². The zero-order valence-electron chi connectivity index (χ0n) is 13.2. The Kier molecular flexibility index (Phi) is 4.36. The van der Waals surface area contributed by atoms with Crippen LogP contribution in [0, 0.1) is 11.8 Å². The minimum absolute atomic E-state index is 0.0563. The standard InChI is InChI=1S/C20H16N2O3/c21-17-12-14(19(23)18(22)20(17)24)10-9-13-5-4-8-16(11-13)25-15-6-2-1-3-7-15/h1-8,11-12,23-24H,21-22H2. The van der Waals surface area contributed by atoms with Crippen LogP contribution >= 0.6 is 0 Å². The molecule has 0 bridgehead atoms. The highest BCUT2D eigenvalue weighted by Crippen LogP contribution is 2.37. The van der Waals surface area contributed by atoms with Crippen LogP contribution in [0.15, 0.2) is 60.7 Å². The predicted molar refractivity (Wildman–Crippen MR) is 97.5 cm³/mol. The number of benzene rings is 3. The van der Waals surface area contributed by atoms with Crippen LogP contribution in [0.3, 0.4) is 0 Å². The maximum atomic E-state index is 9.96. The topological polar surface area (TPSA) is 102 Å². The van der Waals surface area contributed by atoms with Gasteiger partial charge in [-0.2, -0.15) is 0 Å². The van der Waals surface area contributed by atoms with Crippen molar-refractivity contribution in [2.75, 3.05) is 11.5 Å². The van der Waals surface area contributed by atoms with E-state index in [4.69, 9.17) is 16.2 Å². The number of phenols is 2. The lowest BCUT2D eigenvalue weighted by atomic mass is 10.1. The second kappa shape index (κ2) is 6.77. The summed E-state index contributed by atoms with van der Waals surface area (Å²) in [4.78, 5) is 0. The lowest BCUT2D eigenvalue weighted by molar-refractivity contribution is 0.456. The molecule has 0 heterocycles. The van der Waals surface area contributed by atoms with Gasteiger partial charge in [0.2, 0.25) is 0 Å². The highest BCUT2D eigenvalue weighted by atomic mass is 16.5. The van der Waals surface area contributed by atoms with Crippen molar-refractivity contribution in [3.63, 3.8) is 0 Å². The number of hydrogen-bond acceptors (Lipinski definition) is 5. The Morgan fingerprint density at radius 2 is 1.48 bits per heavy atom. The summed E-state index contributed by atoms with van der Waals surface area (Å²) in [7, 11) is 0. The van der Waals surface area contributed by atoms with Gasteiger partial charge in [0, 0.05) is 5.56 Å². The number of phenolic OH excluding ortho intramolecular Hbond substituents is 2. The maximum absolute atomic E-state index is 9.96. The van der Waals surface area contributed by atoms with Crippen LogP contribution in [0.5, 0.6) is 23.0 Å². The zero-order chi connectivity index (χ0) is 17.8. The number of para-hydroxylation sites is 1. The molecule has 25 heavy (non-hydrogen) atoms. The smallest absolute Gasteiger partial charge is 0.165 e. The van der Waals surface area contributed by atoms with Crippen molar-refractivity contribution in [1.82, 2.24) is 0 Å². The van der Waals surface area contributed by atoms with E-state index in [1.807, 2.05) is 48.5 Å². The molecule has 0 atom stereocenters. The summed E-state index contributed by atoms with van der Waals surface area (Å²) in [5.74, 6) is 6.45. The van der Waals surface area contributed by atoms with Gasteiger partial charge in [0.1, 0.15) is 17.2 Å². The number of nitrogens with two attached hydrogens (primary N) is 2. The third-order valence-corrected chi connectivity index (χ3v) is 3.49. The number of anilines is 2. The SMILES string of the molecule is Nc1cc(C#Cc2cccc(Oc3ccccc3)c2)c(O)c(N)c1O. The Labute approximate surface area is 145 Å². The second-order valence-electron chi connectivity index (χ2n) is 5.32. The third kappa shape index (κ3) is 3.59. The molecule has 6 N–H and O–H groups in total. The Bertz CT molecular complexity index is 973. The van der Waals surface area contributed by atoms with Crippen LogP contribution in [0.2, 0.25) is 0 Å². The molecule has 0 aliphatic carbocycles. The Morgan fingerprint density at radius 3 is 2.24 bits per heavy atom. The fourth-order valence-electron chi connectivity index (χ4n) is 2.20. The minimum atomic E-state index is -0.346. The van der Waals surface area contributed by atoms with E-state index in [0.717, 1.165) is 5.75 Å². The maximum Gasteiger partial charge on any atom is 0.165 e. The quantitative estimate of drug-likeness (QED) is 0.249. The van der Waals surface area contributed by atoms with Crippen molar-refractivity contribution in [3.05, 3.63) is 71.8 Å². The Morgan fingerprint density at radius 1 is 0.760 bits per heavy atom. The van der Waals surface area contributed by atoms with E-state index in [9.17, 15) is 10.2 Å². The molecule has 0 radical (unpaired) electrons. The van der Waals surface area contributed by atoms with E-state index in [1.165, 1.54) is 6.07 Å². The third-order valence-electron chi connectivity index (χ3n) is 3.49. The van der Waals surface area contributed by atoms with E-state index in [0.29, 0.717) is 11.3 Å². The highest BCUT2D eigenvalue weighted by Gasteiger charge is 2.11. The van der Waals surface area contributed by atoms with Gasteiger partial charge in [-0.15, -0.1) is 0 Å². The molecule has 0 aromatic heterocycles. The predicted octanol–water partition coefficient (Wildman–Crippen LogP) is 3.45. The molecule has 0 aliphatic rings. The first kappa shape index (κ1) is 16.1. The van der Waals surface area contributed by atoms with E-state index < -0.39 is 0 Å². The van der Waals surface area contributed by atoms with E-state index in [2.05, 4.69) is 11.8 Å². The number of rotatable bonds is 2. The molecule has 0 aliphatic heterocycles. The normalized spacial score (nSPS) is 9.92. The molecule has 0 saturated heterocycles. The average Bonchev–Trinajstić information content (AvgIpc) is 2.63. The monoisotopic (exact) mass is 332 g/mol. The first-order valence-corrected chi connectivity index (χ1v) is 7.49. The fraction of sp³-hybridized carbons (Fsp3) is 0. The first-order chi connectivity index (χ1) is 12.0. The van der Waals surface area contributed by atoms with Crippen molar-refractivity contribution in [1.29, 1.82) is 0 Å². The molecule has 124 valence electrons. The molecule has 5 nitrogen and oxygen atoms in total. The summed E-state index contributed by atoms with van der Waals surface area (Å²) in [6.07, 6.45) is 0. The van der Waals surface area contributed by atoms with E-state index in [1.54, 1.807) is 6.07 Å². The average molecular weight is 332 g/mol. The highest BCUT2D eigenvalue weighted by molar-refractivity contribution is 5.77. The molecule has 0 unspecified atom stereocenters. The summed E-state index contributed by atoms with van der Waals surface area (Å²) in [6, 6.07) is 18.0. The number of hydrogen-bond donors (Lipinski definition) is 4. The molecule has 3 rings (SSSR count). The molecule has 0 fully saturated rings. The summed E-state index contributed by atoms with van der Waals surface area (Å²) < 4.78 is 5.76. The van der Waals surface area contributed by atoms with Crippen LogP contribution < -0.4 is 16.2 Å². The molecule has 5 heteroatoms. The molecular weight excluding hydrogens is 316 g/mol. The molecule has 0 amide bonds. The van der Waals surface area contributed by atoms with Gasteiger partial charge in [-0.3, -0.25) is 0 Å². The Hall–Kier alpha value is -3.78. The van der Waals surface area contributed by atoms with Crippen molar-refractivity contribution in [2.45, 2.75) is 0 Å². The van der Waals surface area contributed by atoms with Crippen LogP contribution in [-0.4, -0.2) is 10.2 Å². The summed E-state index contributed by atoms with van der Waals surface area (Å²) in [6.45, 7) is 0. The fourth-order valence-corrected chi connectivity index (χ4v) is 2.20. The van der Waals surface area contributed by atoms with Gasteiger partial charge in [0.15, 0.2) is 11.5 Å². The number of ether oxygens (including phenoxy) is 1. The lowest BCUT2D eigenvalue weighted by Gasteiger charge is -2.07. The summed E-state index contributed by atoms with van der Waals surface area (Å²) >= 11 is 0. The van der Waals surface area contributed by atoms with E-state index >= 15 is 0 Å². The van der Waals surface area contributed by atoms with Gasteiger partial charge >= 0.3 is 0 Å². The van der Waals surface area contributed by atoms with Gasteiger partial charge in [-0.05, 0) is 36.4 Å². The van der Waals surface area contributed by atoms with Gasteiger partial charge in [0.25, 0.3) is 0 Å². The molecule has 3 aromatic carbocycles. The van der Waals surface area contributed by atoms with Crippen molar-refractivity contribution >= 4 is 11.4 Å². The molecular formula is C20H16N2O3. The molecule has 0 spiro atoms. The number of nitrogen functional groups attached to an aromatic ring is 2. The van der Waals surface area contributed by atoms with Gasteiger partial charge in [-0.1, -0.05) is 36.1 Å². The second-order valence-corrected chi connectivity index (χ2v) is 5.32. The van der Waals surface area contributed by atoms with Crippen molar-refractivity contribution < 1.29 is 14.9 Å². The lowest BCUT2D eigenvalue weighted by Crippen LogP contribution is -1.95. The van der Waals surface area contributed by atoms with Crippen LogP contribution in [0.1, 0.15) is 11.1 Å². The Balaban J connectivity index is 1.88. The molecule has 3 aromatic rings. The zero-order valence-corrected chi connectivity index (χ0v) is 13.2. The van der Waals surface area contributed by atoms with Crippen LogP contribution in [-0.2, 0) is 0 Å². The van der Waals surface area contributed by atoms with E-state index in [-0.39, 0.29) is 28.4 Å². The summed E-state index contributed by atoms with van der Waals surface area (Å²) in [5, 5.41) is 19.6. The van der Waals surface area contributed by atoms with Gasteiger partial charge in [-0.25, -0.2) is 0 Å². The van der Waals surface area contributed by atoms with Crippen molar-refractivity contribution in [3.8, 4) is 34.8 Å². The van der Waals surface area contributed by atoms with Crippen LogP contribution in [0.4, 0.5) is 11.4 Å². The molecule has 0 saturated carbocycles. The van der Waals surface area contributed by atoms with Gasteiger partial charge in [0.05, 0.1) is 11.3 Å². The van der Waals surface area contributed by atoms with Crippen LogP contribution in [0.25, 0.3) is 0 Å². The first-order valence-electron chi connectivity index (χ1n) is 7.49. The summed E-state index contributed by atoms with van der Waals surface area (Å²) in [5.41, 5.74) is 12.0. The number of aromatic hydroxyl groups is 2. The minimum Gasteiger partial charge on any atom is -0.504 e.